The summed E-state index contributed by atoms with van der Waals surface area (Å²) in [6, 6.07) is 6.95. The number of nitrogens with two attached hydrogens (primary N) is 1. The first-order chi connectivity index (χ1) is 9.61. The molecule has 1 aromatic heterocycles. The monoisotopic (exact) mass is 273 g/mol. The van der Waals surface area contributed by atoms with E-state index in [1.165, 1.54) is 0 Å². The molecule has 3 N–H and O–H groups in total. The lowest BCUT2D eigenvalue weighted by Gasteiger charge is -2.18. The first-order valence-electron chi connectivity index (χ1n) is 6.63. The van der Waals surface area contributed by atoms with Crippen LogP contribution in [0.5, 0.6) is 0 Å². The number of nitrogens with zero attached hydrogens (tertiary/aromatic N) is 3. The van der Waals surface area contributed by atoms with Crippen molar-refractivity contribution in [3.05, 3.63) is 36.9 Å². The summed E-state index contributed by atoms with van der Waals surface area (Å²) in [7, 11) is 0. The van der Waals surface area contributed by atoms with Crippen molar-refractivity contribution in [2.24, 2.45) is 11.7 Å². The van der Waals surface area contributed by atoms with Gasteiger partial charge < -0.3 is 11.1 Å². The Kier molecular flexibility index (Phi) is 4.47. The molecule has 2 atom stereocenters. The zero-order chi connectivity index (χ0) is 14.5. The Morgan fingerprint density at radius 3 is 2.75 bits per heavy atom. The minimum absolute atomic E-state index is 0.149. The van der Waals surface area contributed by atoms with E-state index in [2.05, 4.69) is 15.5 Å². The number of carbonyl (C=O) groups excluding carboxylic acids is 1. The number of hydrogen-bond acceptors (Lipinski definition) is 4. The highest BCUT2D eigenvalue weighted by atomic mass is 16.2. The van der Waals surface area contributed by atoms with E-state index in [0.29, 0.717) is 5.69 Å². The maximum Gasteiger partial charge on any atom is 0.241 e. The highest BCUT2D eigenvalue weighted by Gasteiger charge is 2.19. The van der Waals surface area contributed by atoms with Crippen LogP contribution in [0, 0.1) is 5.92 Å². The molecule has 6 heteroatoms. The second-order valence-electron chi connectivity index (χ2n) is 4.82. The zero-order valence-electron chi connectivity index (χ0n) is 11.7. The van der Waals surface area contributed by atoms with E-state index in [-0.39, 0.29) is 11.8 Å². The predicted octanol–water partition coefficient (Wildman–Crippen LogP) is 1.58. The van der Waals surface area contributed by atoms with E-state index in [9.17, 15) is 4.79 Å². The average Bonchev–Trinajstić information content (AvgIpc) is 3.00. The second-order valence-corrected chi connectivity index (χ2v) is 4.82. The standard InChI is InChI=1S/C14H19N5O/c1-3-10(2)13(15)14(20)18-11-5-4-6-12(7-11)19-8-16-17-9-19/h4-10,13H,3,15H2,1-2H3,(H,18,20)/t10-,13-/m0/s1. The number of amides is 1. The molecule has 1 amide bonds. The Balaban J connectivity index is 2.10. The van der Waals surface area contributed by atoms with Gasteiger partial charge in [-0.25, -0.2) is 0 Å². The van der Waals surface area contributed by atoms with Crippen molar-refractivity contribution in [2.75, 3.05) is 5.32 Å². The van der Waals surface area contributed by atoms with Crippen LogP contribution in [0.15, 0.2) is 36.9 Å². The summed E-state index contributed by atoms with van der Waals surface area (Å²) >= 11 is 0. The van der Waals surface area contributed by atoms with E-state index in [0.717, 1.165) is 12.1 Å². The van der Waals surface area contributed by atoms with Gasteiger partial charge in [0.15, 0.2) is 0 Å². The molecule has 0 aliphatic rings. The van der Waals surface area contributed by atoms with Gasteiger partial charge in [0.25, 0.3) is 0 Å². The Morgan fingerprint density at radius 1 is 1.40 bits per heavy atom. The third kappa shape index (κ3) is 3.21. The lowest BCUT2D eigenvalue weighted by molar-refractivity contribution is -0.118. The minimum Gasteiger partial charge on any atom is -0.325 e. The first-order valence-corrected chi connectivity index (χ1v) is 6.63. The molecule has 0 aliphatic heterocycles. The number of nitrogens with one attached hydrogen (secondary N) is 1. The van der Waals surface area contributed by atoms with Crippen molar-refractivity contribution >= 4 is 11.6 Å². The van der Waals surface area contributed by atoms with Gasteiger partial charge >= 0.3 is 0 Å². The average molecular weight is 273 g/mol. The second kappa shape index (κ2) is 6.29. The summed E-state index contributed by atoms with van der Waals surface area (Å²) in [5, 5.41) is 10.4. The Labute approximate surface area is 118 Å². The van der Waals surface area contributed by atoms with Gasteiger partial charge in [-0.05, 0) is 24.1 Å². The first kappa shape index (κ1) is 14.2. The summed E-state index contributed by atoms with van der Waals surface area (Å²) in [5.41, 5.74) is 7.50. The molecular formula is C14H19N5O. The van der Waals surface area contributed by atoms with Crippen LogP contribution >= 0.6 is 0 Å². The number of anilines is 1. The molecule has 0 spiro atoms. The third-order valence-corrected chi connectivity index (χ3v) is 3.39. The summed E-state index contributed by atoms with van der Waals surface area (Å²) in [5.74, 6) is -0.0173. The molecule has 0 aliphatic carbocycles. The van der Waals surface area contributed by atoms with E-state index in [4.69, 9.17) is 5.73 Å². The fourth-order valence-corrected chi connectivity index (χ4v) is 1.82. The largest absolute Gasteiger partial charge is 0.325 e. The van der Waals surface area contributed by atoms with Crippen LogP contribution in [0.1, 0.15) is 20.3 Å². The maximum absolute atomic E-state index is 12.0. The lowest BCUT2D eigenvalue weighted by atomic mass is 9.99. The normalized spacial score (nSPS) is 13.8. The van der Waals surface area contributed by atoms with E-state index in [1.54, 1.807) is 17.2 Å². The van der Waals surface area contributed by atoms with Crippen LogP contribution in [0.2, 0.25) is 0 Å². The molecule has 0 fully saturated rings. The summed E-state index contributed by atoms with van der Waals surface area (Å²) in [6.07, 6.45) is 4.08. The summed E-state index contributed by atoms with van der Waals surface area (Å²) in [4.78, 5) is 12.0. The van der Waals surface area contributed by atoms with Crippen molar-refractivity contribution in [1.29, 1.82) is 0 Å². The van der Waals surface area contributed by atoms with Gasteiger partial charge in [0.05, 0.1) is 11.7 Å². The number of rotatable bonds is 5. The molecule has 2 rings (SSSR count). The Bertz CT molecular complexity index is 567. The van der Waals surface area contributed by atoms with Crippen LogP contribution in [0.4, 0.5) is 5.69 Å². The molecule has 0 radical (unpaired) electrons. The van der Waals surface area contributed by atoms with Crippen molar-refractivity contribution in [1.82, 2.24) is 14.8 Å². The molecule has 1 heterocycles. The molecule has 1 aromatic carbocycles. The van der Waals surface area contributed by atoms with Gasteiger partial charge in [-0.15, -0.1) is 10.2 Å². The minimum atomic E-state index is -0.501. The fraction of sp³-hybridized carbons (Fsp3) is 0.357. The smallest absolute Gasteiger partial charge is 0.241 e. The van der Waals surface area contributed by atoms with Gasteiger partial charge in [-0.2, -0.15) is 0 Å². The SMILES string of the molecule is CC[C@H](C)[C@H](N)C(=O)Nc1cccc(-n2cnnc2)c1. The number of benzene rings is 1. The summed E-state index contributed by atoms with van der Waals surface area (Å²) < 4.78 is 1.77. The fourth-order valence-electron chi connectivity index (χ4n) is 1.82. The molecule has 20 heavy (non-hydrogen) atoms. The predicted molar refractivity (Wildman–Crippen MR) is 77.4 cm³/mol. The van der Waals surface area contributed by atoms with Crippen LogP contribution in [-0.2, 0) is 4.79 Å². The number of carbonyl (C=O) groups is 1. The quantitative estimate of drug-likeness (QED) is 0.866. The van der Waals surface area contributed by atoms with Crippen molar-refractivity contribution in [3.63, 3.8) is 0 Å². The molecule has 0 saturated heterocycles. The van der Waals surface area contributed by atoms with E-state index in [1.807, 2.05) is 38.1 Å². The van der Waals surface area contributed by atoms with Gasteiger partial charge in [0.1, 0.15) is 12.7 Å². The zero-order valence-corrected chi connectivity index (χ0v) is 11.7. The van der Waals surface area contributed by atoms with Crippen molar-refractivity contribution < 1.29 is 4.79 Å². The van der Waals surface area contributed by atoms with Gasteiger partial charge in [0, 0.05) is 5.69 Å². The molecule has 0 saturated carbocycles. The molecule has 0 unspecified atom stereocenters. The molecule has 106 valence electrons. The van der Waals surface area contributed by atoms with Crippen molar-refractivity contribution in [2.45, 2.75) is 26.3 Å². The van der Waals surface area contributed by atoms with E-state index < -0.39 is 6.04 Å². The van der Waals surface area contributed by atoms with Gasteiger partial charge in [0.2, 0.25) is 5.91 Å². The van der Waals surface area contributed by atoms with Crippen LogP contribution in [0.25, 0.3) is 5.69 Å². The molecule has 6 nitrogen and oxygen atoms in total. The molecule has 2 aromatic rings. The molecular weight excluding hydrogens is 254 g/mol. The lowest BCUT2D eigenvalue weighted by Crippen LogP contribution is -2.40. The van der Waals surface area contributed by atoms with Gasteiger partial charge in [-0.1, -0.05) is 26.3 Å². The topological polar surface area (TPSA) is 85.8 Å². The van der Waals surface area contributed by atoms with Crippen LogP contribution in [-0.4, -0.2) is 26.7 Å². The number of aromatic nitrogens is 3. The van der Waals surface area contributed by atoms with E-state index >= 15 is 0 Å². The van der Waals surface area contributed by atoms with Crippen LogP contribution in [0.3, 0.4) is 0 Å². The molecule has 0 bridgehead atoms. The highest BCUT2D eigenvalue weighted by molar-refractivity contribution is 5.95. The van der Waals surface area contributed by atoms with Crippen molar-refractivity contribution in [3.8, 4) is 5.69 Å². The van der Waals surface area contributed by atoms with Crippen LogP contribution < -0.4 is 11.1 Å². The van der Waals surface area contributed by atoms with Gasteiger partial charge in [-0.3, -0.25) is 9.36 Å². The third-order valence-electron chi connectivity index (χ3n) is 3.39. The maximum atomic E-state index is 12.0. The Morgan fingerprint density at radius 2 is 2.10 bits per heavy atom. The highest BCUT2D eigenvalue weighted by Crippen LogP contribution is 2.15. The Hall–Kier alpha value is -2.21. The summed E-state index contributed by atoms with van der Waals surface area (Å²) in [6.45, 7) is 3.99. The number of hydrogen-bond donors (Lipinski definition) is 2.